The molecule has 0 aromatic heterocycles. The highest BCUT2D eigenvalue weighted by Crippen LogP contribution is 2.46. The summed E-state index contributed by atoms with van der Waals surface area (Å²) < 4.78 is 4.78. The third-order valence-electron chi connectivity index (χ3n) is 2.20. The van der Waals surface area contributed by atoms with Gasteiger partial charge >= 0.3 is 5.97 Å². The lowest BCUT2D eigenvalue weighted by Crippen LogP contribution is -2.34. The summed E-state index contributed by atoms with van der Waals surface area (Å²) in [6, 6.07) is 0. The van der Waals surface area contributed by atoms with Crippen LogP contribution in [0, 0.1) is 5.92 Å². The first-order valence-corrected chi connectivity index (χ1v) is 3.15. The summed E-state index contributed by atoms with van der Waals surface area (Å²) in [7, 11) is 0. The first-order chi connectivity index (χ1) is 4.21. The van der Waals surface area contributed by atoms with Gasteiger partial charge in [-0.05, 0) is 6.42 Å². The normalized spacial score (nSPS) is 47.7. The Bertz CT molecular complexity index is 168. The lowest BCUT2D eigenvalue weighted by atomic mass is 10.1. The molecule has 0 bridgehead atoms. The van der Waals surface area contributed by atoms with Gasteiger partial charge in [-0.2, -0.15) is 0 Å². The molecule has 1 saturated carbocycles. The van der Waals surface area contributed by atoms with Gasteiger partial charge in [0.25, 0.3) is 0 Å². The lowest BCUT2D eigenvalue weighted by molar-refractivity contribution is -0.147. The molecule has 2 fully saturated rings. The molecule has 2 atom stereocenters. The Morgan fingerprint density at radius 3 is 3.11 bits per heavy atom. The summed E-state index contributed by atoms with van der Waals surface area (Å²) >= 11 is 0. The number of fused-ring (bicyclic) bond motifs is 1. The van der Waals surface area contributed by atoms with Crippen molar-refractivity contribution in [3.8, 4) is 0 Å². The Balaban J connectivity index is 2.11. The van der Waals surface area contributed by atoms with Crippen LogP contribution in [0.1, 0.15) is 12.8 Å². The van der Waals surface area contributed by atoms with Crippen molar-refractivity contribution in [2.24, 2.45) is 11.7 Å². The summed E-state index contributed by atoms with van der Waals surface area (Å²) in [6.45, 7) is 0.551. The summed E-state index contributed by atoms with van der Waals surface area (Å²) in [6.07, 6.45) is 1.40. The molecule has 3 heteroatoms. The molecule has 9 heavy (non-hydrogen) atoms. The predicted octanol–water partition coefficient (Wildman–Crippen LogP) is -0.349. The first kappa shape index (κ1) is 5.23. The fourth-order valence-corrected chi connectivity index (χ4v) is 1.35. The van der Waals surface area contributed by atoms with Crippen LogP contribution in [0.4, 0.5) is 0 Å². The van der Waals surface area contributed by atoms with Gasteiger partial charge in [0.15, 0.2) is 0 Å². The number of hydrogen-bond acceptors (Lipinski definition) is 3. The van der Waals surface area contributed by atoms with Crippen molar-refractivity contribution in [1.29, 1.82) is 0 Å². The monoisotopic (exact) mass is 127 g/mol. The Hall–Kier alpha value is -0.570. The minimum absolute atomic E-state index is 0.133. The van der Waals surface area contributed by atoms with Crippen molar-refractivity contribution < 1.29 is 9.53 Å². The van der Waals surface area contributed by atoms with E-state index in [2.05, 4.69) is 0 Å². The molecule has 50 valence electrons. The van der Waals surface area contributed by atoms with Crippen LogP contribution < -0.4 is 5.73 Å². The molecule has 2 N–H and O–H groups in total. The Labute approximate surface area is 53.2 Å². The highest BCUT2D eigenvalue weighted by molar-refractivity contribution is 5.73. The Morgan fingerprint density at radius 1 is 1.78 bits per heavy atom. The topological polar surface area (TPSA) is 52.3 Å². The largest absolute Gasteiger partial charge is 0.465 e. The highest BCUT2D eigenvalue weighted by Gasteiger charge is 2.55. The van der Waals surface area contributed by atoms with Gasteiger partial charge in [-0.1, -0.05) is 0 Å². The van der Waals surface area contributed by atoms with E-state index in [1.54, 1.807) is 0 Å². The molecule has 2 unspecified atom stereocenters. The second kappa shape index (κ2) is 1.29. The van der Waals surface area contributed by atoms with Gasteiger partial charge in [0.2, 0.25) is 0 Å². The van der Waals surface area contributed by atoms with Gasteiger partial charge in [0.05, 0.1) is 13.0 Å². The van der Waals surface area contributed by atoms with E-state index in [9.17, 15) is 4.79 Å². The Morgan fingerprint density at radius 2 is 2.56 bits per heavy atom. The molecule has 1 aliphatic heterocycles. The second-order valence-corrected chi connectivity index (χ2v) is 2.99. The van der Waals surface area contributed by atoms with Crippen LogP contribution in [-0.4, -0.2) is 18.1 Å². The van der Waals surface area contributed by atoms with Gasteiger partial charge in [-0.25, -0.2) is 0 Å². The molecule has 0 spiro atoms. The summed E-state index contributed by atoms with van der Waals surface area (Å²) in [5.41, 5.74) is 5.58. The summed E-state index contributed by atoms with van der Waals surface area (Å²) in [5.74, 6) is 0.335. The number of carbonyl (C=O) groups excluding carboxylic acids is 1. The molecule has 3 nitrogen and oxygen atoms in total. The van der Waals surface area contributed by atoms with Crippen LogP contribution >= 0.6 is 0 Å². The van der Waals surface area contributed by atoms with E-state index in [1.165, 1.54) is 0 Å². The molecule has 0 radical (unpaired) electrons. The zero-order valence-corrected chi connectivity index (χ0v) is 5.09. The summed E-state index contributed by atoms with van der Waals surface area (Å²) in [4.78, 5) is 10.6. The fraction of sp³-hybridized carbons (Fsp3) is 0.833. The SMILES string of the molecule is NC12CC(=O)OCC1C2. The van der Waals surface area contributed by atoms with Gasteiger partial charge in [0.1, 0.15) is 0 Å². The van der Waals surface area contributed by atoms with Crippen molar-refractivity contribution >= 4 is 5.97 Å². The van der Waals surface area contributed by atoms with E-state index in [0.29, 0.717) is 18.9 Å². The van der Waals surface area contributed by atoms with Gasteiger partial charge < -0.3 is 10.5 Å². The van der Waals surface area contributed by atoms with Crippen molar-refractivity contribution in [3.63, 3.8) is 0 Å². The molecule has 0 aromatic carbocycles. The van der Waals surface area contributed by atoms with Crippen molar-refractivity contribution in [1.82, 2.24) is 0 Å². The zero-order valence-electron chi connectivity index (χ0n) is 5.09. The second-order valence-electron chi connectivity index (χ2n) is 2.99. The number of ether oxygens (including phenoxy) is 1. The van der Waals surface area contributed by atoms with E-state index in [4.69, 9.17) is 10.5 Å². The quantitative estimate of drug-likeness (QED) is 0.452. The number of hydrogen-bond donors (Lipinski definition) is 1. The van der Waals surface area contributed by atoms with Crippen LogP contribution in [-0.2, 0) is 9.53 Å². The third-order valence-corrected chi connectivity index (χ3v) is 2.20. The minimum atomic E-state index is -0.157. The van der Waals surface area contributed by atoms with Crippen molar-refractivity contribution in [3.05, 3.63) is 0 Å². The molecule has 0 aromatic rings. The van der Waals surface area contributed by atoms with E-state index < -0.39 is 0 Å². The van der Waals surface area contributed by atoms with Crippen LogP contribution in [0.25, 0.3) is 0 Å². The Kier molecular flexibility index (Phi) is 0.750. The average Bonchev–Trinajstić information content (AvgIpc) is 2.38. The maximum atomic E-state index is 10.6. The molecule has 2 aliphatic rings. The van der Waals surface area contributed by atoms with Gasteiger partial charge in [-0.15, -0.1) is 0 Å². The van der Waals surface area contributed by atoms with Gasteiger partial charge in [-0.3, -0.25) is 4.79 Å². The van der Waals surface area contributed by atoms with Crippen LogP contribution in [0.15, 0.2) is 0 Å². The lowest BCUT2D eigenvalue weighted by Gasteiger charge is -2.15. The molecule has 1 saturated heterocycles. The number of rotatable bonds is 0. The molecule has 1 aliphatic carbocycles. The van der Waals surface area contributed by atoms with E-state index >= 15 is 0 Å². The zero-order chi connectivity index (χ0) is 6.48. The molecular weight excluding hydrogens is 118 g/mol. The molecule has 2 rings (SSSR count). The van der Waals surface area contributed by atoms with Crippen LogP contribution in [0.5, 0.6) is 0 Å². The van der Waals surface area contributed by atoms with E-state index in [-0.39, 0.29) is 11.5 Å². The smallest absolute Gasteiger partial charge is 0.307 e. The van der Waals surface area contributed by atoms with E-state index in [1.807, 2.05) is 0 Å². The first-order valence-electron chi connectivity index (χ1n) is 3.15. The number of nitrogens with two attached hydrogens (primary N) is 1. The third kappa shape index (κ3) is 0.645. The maximum Gasteiger partial charge on any atom is 0.307 e. The number of cyclic esters (lactones) is 1. The van der Waals surface area contributed by atoms with Crippen molar-refractivity contribution in [2.75, 3.05) is 6.61 Å². The van der Waals surface area contributed by atoms with Crippen molar-refractivity contribution in [2.45, 2.75) is 18.4 Å². The van der Waals surface area contributed by atoms with Crippen LogP contribution in [0.3, 0.4) is 0 Å². The summed E-state index contributed by atoms with van der Waals surface area (Å²) in [5, 5.41) is 0. The molecule has 1 heterocycles. The number of esters is 1. The van der Waals surface area contributed by atoms with Gasteiger partial charge in [0, 0.05) is 11.5 Å². The fourth-order valence-electron chi connectivity index (χ4n) is 1.35. The predicted molar refractivity (Wildman–Crippen MR) is 30.6 cm³/mol. The number of carbonyl (C=O) groups is 1. The molecule has 0 amide bonds. The van der Waals surface area contributed by atoms with Crippen LogP contribution in [0.2, 0.25) is 0 Å². The van der Waals surface area contributed by atoms with E-state index in [0.717, 1.165) is 6.42 Å². The minimum Gasteiger partial charge on any atom is -0.465 e. The standard InChI is InChI=1S/C6H9NO2/c7-6-1-4(6)3-9-5(8)2-6/h4H,1-3,7H2. The maximum absolute atomic E-state index is 10.6. The highest BCUT2D eigenvalue weighted by atomic mass is 16.5. The molecular formula is C6H9NO2. The average molecular weight is 127 g/mol.